The van der Waals surface area contributed by atoms with E-state index in [0.717, 1.165) is 4.90 Å². The number of nitrogens with zero attached hydrogens (tertiary/aromatic N) is 2. The van der Waals surface area contributed by atoms with E-state index in [1.807, 2.05) is 6.26 Å². The van der Waals surface area contributed by atoms with Gasteiger partial charge in [-0.3, -0.25) is 0 Å². The molecule has 0 saturated carbocycles. The van der Waals surface area contributed by atoms with Crippen molar-refractivity contribution >= 4 is 44.8 Å². The lowest BCUT2D eigenvalue weighted by Gasteiger charge is -2.13. The van der Waals surface area contributed by atoms with Crippen LogP contribution in [0.15, 0.2) is 58.6 Å². The van der Waals surface area contributed by atoms with Crippen LogP contribution in [0.3, 0.4) is 0 Å². The predicted octanol–water partition coefficient (Wildman–Crippen LogP) is 4.04. The number of hydrogen-bond donors (Lipinski definition) is 3. The third-order valence-corrected chi connectivity index (χ3v) is 6.33. The van der Waals surface area contributed by atoms with Crippen molar-refractivity contribution in [3.8, 4) is 0 Å². The third kappa shape index (κ3) is 5.03. The third-order valence-electron chi connectivity index (χ3n) is 4.12. The molecule has 0 amide bonds. The van der Waals surface area contributed by atoms with Gasteiger partial charge in [-0.05, 0) is 56.1 Å². The summed E-state index contributed by atoms with van der Waals surface area (Å²) in [4.78, 5) is 9.33. The number of thioether (sulfide) groups is 1. The quantitative estimate of drug-likeness (QED) is 0.484. The van der Waals surface area contributed by atoms with Gasteiger partial charge in [0.2, 0.25) is 10.0 Å². The number of nitrogens with one attached hydrogen (secondary N) is 3. The van der Waals surface area contributed by atoms with Crippen molar-refractivity contribution in [1.82, 2.24) is 14.7 Å². The first-order valence-electron chi connectivity index (χ1n) is 8.56. The van der Waals surface area contributed by atoms with E-state index in [0.29, 0.717) is 28.6 Å². The molecule has 152 valence electrons. The van der Waals surface area contributed by atoms with Crippen LogP contribution in [0.1, 0.15) is 5.56 Å². The molecule has 29 heavy (non-hydrogen) atoms. The van der Waals surface area contributed by atoms with E-state index >= 15 is 0 Å². The highest BCUT2D eigenvalue weighted by molar-refractivity contribution is 7.98. The van der Waals surface area contributed by atoms with Gasteiger partial charge in [0.25, 0.3) is 0 Å². The number of benzene rings is 2. The molecule has 0 atom stereocenters. The lowest BCUT2D eigenvalue weighted by molar-refractivity contribution is 0.588. The van der Waals surface area contributed by atoms with E-state index in [-0.39, 0.29) is 10.7 Å². The predicted molar refractivity (Wildman–Crippen MR) is 114 cm³/mol. The maximum Gasteiger partial charge on any atom is 0.240 e. The molecular weight excluding hydrogens is 413 g/mol. The minimum Gasteiger partial charge on any atom is -0.340 e. The zero-order valence-electron chi connectivity index (χ0n) is 16.0. The first kappa shape index (κ1) is 21.0. The van der Waals surface area contributed by atoms with Crippen LogP contribution in [0, 0.1) is 12.7 Å². The minimum absolute atomic E-state index is 0.142. The average molecular weight is 434 g/mol. The largest absolute Gasteiger partial charge is 0.340 e. The van der Waals surface area contributed by atoms with Crippen LogP contribution in [0.2, 0.25) is 0 Å². The zero-order valence-corrected chi connectivity index (χ0v) is 17.7. The van der Waals surface area contributed by atoms with E-state index in [1.165, 1.54) is 31.2 Å². The van der Waals surface area contributed by atoms with Crippen LogP contribution in [-0.4, -0.2) is 31.7 Å². The van der Waals surface area contributed by atoms with Gasteiger partial charge in [0, 0.05) is 16.6 Å². The lowest BCUT2D eigenvalue weighted by atomic mass is 10.2. The van der Waals surface area contributed by atoms with Crippen molar-refractivity contribution in [3.05, 3.63) is 60.2 Å². The first-order valence-corrected chi connectivity index (χ1v) is 11.3. The van der Waals surface area contributed by atoms with Crippen molar-refractivity contribution in [3.63, 3.8) is 0 Å². The number of halogens is 1. The van der Waals surface area contributed by atoms with Crippen molar-refractivity contribution < 1.29 is 12.8 Å². The highest BCUT2D eigenvalue weighted by Gasteiger charge is 2.14. The molecule has 3 N–H and O–H groups in total. The lowest BCUT2D eigenvalue weighted by Crippen LogP contribution is -2.18. The summed E-state index contributed by atoms with van der Waals surface area (Å²) in [5.41, 5.74) is 1.71. The Hall–Kier alpha value is -2.69. The molecule has 0 spiro atoms. The fourth-order valence-corrected chi connectivity index (χ4v) is 3.81. The number of hydrogen-bond acceptors (Lipinski definition) is 7. The maximum absolute atomic E-state index is 13.8. The molecule has 2 aromatic carbocycles. The second-order valence-electron chi connectivity index (χ2n) is 6.07. The molecule has 1 heterocycles. The van der Waals surface area contributed by atoms with Gasteiger partial charge < -0.3 is 10.6 Å². The second-order valence-corrected chi connectivity index (χ2v) is 8.81. The number of aromatic nitrogens is 2. The fraction of sp³-hybridized carbons (Fsp3) is 0.158. The summed E-state index contributed by atoms with van der Waals surface area (Å²) in [5, 5.41) is 6.16. The Bertz CT molecular complexity index is 1140. The van der Waals surface area contributed by atoms with E-state index in [4.69, 9.17) is 0 Å². The molecule has 0 aliphatic heterocycles. The van der Waals surface area contributed by atoms with E-state index in [1.54, 1.807) is 43.3 Å². The summed E-state index contributed by atoms with van der Waals surface area (Å²) < 4.78 is 40.3. The van der Waals surface area contributed by atoms with Gasteiger partial charge in [0.05, 0.1) is 10.6 Å². The SMILES string of the molecule is CNS(=O)(=O)c1ccc(SC)c(Nc2cc(Nc3ccc(C)c(F)c3)ncn2)c1. The van der Waals surface area contributed by atoms with Crippen LogP contribution >= 0.6 is 11.8 Å². The molecule has 0 aliphatic rings. The van der Waals surface area contributed by atoms with Gasteiger partial charge in [0.1, 0.15) is 23.8 Å². The maximum atomic E-state index is 13.8. The fourth-order valence-electron chi connectivity index (χ4n) is 2.52. The smallest absolute Gasteiger partial charge is 0.240 e. The van der Waals surface area contributed by atoms with Crippen LogP contribution in [0.4, 0.5) is 27.4 Å². The van der Waals surface area contributed by atoms with Crippen LogP contribution in [-0.2, 0) is 10.0 Å². The van der Waals surface area contributed by atoms with Crippen molar-refractivity contribution in [1.29, 1.82) is 0 Å². The van der Waals surface area contributed by atoms with Gasteiger partial charge in [-0.1, -0.05) is 6.07 Å². The second kappa shape index (κ2) is 8.76. The molecule has 0 radical (unpaired) electrons. The standard InChI is InChI=1S/C19H20FN5O2S2/c1-12-4-5-13(8-15(12)20)24-18-10-19(23-11-22-18)25-16-9-14(29(26,27)21-2)6-7-17(16)28-3/h4-11,21H,1-3H3,(H2,22,23,24,25). The molecule has 0 saturated heterocycles. The van der Waals surface area contributed by atoms with Gasteiger partial charge in [-0.15, -0.1) is 11.8 Å². The van der Waals surface area contributed by atoms with Crippen molar-refractivity contribution in [2.45, 2.75) is 16.7 Å². The minimum atomic E-state index is -3.57. The average Bonchev–Trinajstić information content (AvgIpc) is 2.71. The Morgan fingerprint density at radius 3 is 2.38 bits per heavy atom. The summed E-state index contributed by atoms with van der Waals surface area (Å²) in [6.45, 7) is 1.69. The number of sulfonamides is 1. The monoisotopic (exact) mass is 433 g/mol. The Kier molecular flexibility index (Phi) is 6.36. The molecular formula is C19H20FN5O2S2. The summed E-state index contributed by atoms with van der Waals surface area (Å²) in [7, 11) is -2.21. The summed E-state index contributed by atoms with van der Waals surface area (Å²) in [6.07, 6.45) is 3.26. The molecule has 0 unspecified atom stereocenters. The van der Waals surface area contributed by atoms with E-state index in [2.05, 4.69) is 25.3 Å². The van der Waals surface area contributed by atoms with Crippen molar-refractivity contribution in [2.24, 2.45) is 0 Å². The molecule has 0 bridgehead atoms. The Balaban J connectivity index is 1.88. The molecule has 3 rings (SSSR count). The van der Waals surface area contributed by atoms with Crippen LogP contribution < -0.4 is 15.4 Å². The number of rotatable bonds is 7. The Labute approximate surface area is 173 Å². The van der Waals surface area contributed by atoms with Gasteiger partial charge in [0.15, 0.2) is 0 Å². The molecule has 0 fully saturated rings. The molecule has 7 nitrogen and oxygen atoms in total. The van der Waals surface area contributed by atoms with Gasteiger partial charge in [-0.25, -0.2) is 27.5 Å². The number of aryl methyl sites for hydroxylation is 1. The molecule has 0 aliphatic carbocycles. The summed E-state index contributed by atoms with van der Waals surface area (Å²) in [6, 6.07) is 11.3. The normalized spacial score (nSPS) is 11.3. The van der Waals surface area contributed by atoms with E-state index in [9.17, 15) is 12.8 Å². The number of anilines is 4. The van der Waals surface area contributed by atoms with Gasteiger partial charge in [-0.2, -0.15) is 0 Å². The molecule has 3 aromatic rings. The summed E-state index contributed by atoms with van der Waals surface area (Å²) in [5.74, 6) is 0.620. The van der Waals surface area contributed by atoms with Crippen LogP contribution in [0.25, 0.3) is 0 Å². The van der Waals surface area contributed by atoms with Gasteiger partial charge >= 0.3 is 0 Å². The Morgan fingerprint density at radius 1 is 1.00 bits per heavy atom. The summed E-state index contributed by atoms with van der Waals surface area (Å²) >= 11 is 1.47. The first-order chi connectivity index (χ1) is 13.8. The molecule has 1 aromatic heterocycles. The zero-order chi connectivity index (χ0) is 21.0. The highest BCUT2D eigenvalue weighted by atomic mass is 32.2. The van der Waals surface area contributed by atoms with E-state index < -0.39 is 10.0 Å². The molecule has 10 heteroatoms. The highest BCUT2D eigenvalue weighted by Crippen LogP contribution is 2.30. The van der Waals surface area contributed by atoms with Crippen molar-refractivity contribution in [2.75, 3.05) is 23.9 Å². The Morgan fingerprint density at radius 2 is 1.72 bits per heavy atom. The topological polar surface area (TPSA) is 96.0 Å². The van der Waals surface area contributed by atoms with Crippen LogP contribution in [0.5, 0.6) is 0 Å².